The van der Waals surface area contributed by atoms with E-state index in [1.165, 1.54) is 0 Å². The minimum atomic E-state index is -0.314. The highest BCUT2D eigenvalue weighted by Gasteiger charge is 2.11. The first-order chi connectivity index (χ1) is 9.16. The third-order valence-electron chi connectivity index (χ3n) is 2.60. The zero-order valence-corrected chi connectivity index (χ0v) is 11.2. The molecule has 5 heteroatoms. The van der Waals surface area contributed by atoms with Crippen molar-refractivity contribution in [2.75, 3.05) is 5.32 Å². The molecule has 2 rings (SSSR count). The molecule has 2 N–H and O–H groups in total. The first kappa shape index (κ1) is 13.4. The summed E-state index contributed by atoms with van der Waals surface area (Å²) in [5.41, 5.74) is 1.38. The minimum absolute atomic E-state index is 0.177. The monoisotopic (exact) mass is 275 g/mol. The van der Waals surface area contributed by atoms with Crippen molar-refractivity contribution in [3.8, 4) is 0 Å². The Morgan fingerprint density at radius 3 is 2.63 bits per heavy atom. The van der Waals surface area contributed by atoms with Crippen LogP contribution < -0.4 is 10.6 Å². The van der Waals surface area contributed by atoms with Crippen molar-refractivity contribution < 1.29 is 4.79 Å². The van der Waals surface area contributed by atoms with Crippen molar-refractivity contribution >= 4 is 23.3 Å². The van der Waals surface area contributed by atoms with E-state index >= 15 is 0 Å². The molecule has 0 aliphatic heterocycles. The lowest BCUT2D eigenvalue weighted by atomic mass is 10.2. The summed E-state index contributed by atoms with van der Waals surface area (Å²) in [4.78, 5) is 16.0. The smallest absolute Gasteiger partial charge is 0.319 e. The summed E-state index contributed by atoms with van der Waals surface area (Å²) >= 11 is 5.97. The first-order valence-electron chi connectivity index (χ1n) is 5.90. The van der Waals surface area contributed by atoms with E-state index in [4.69, 9.17) is 11.6 Å². The summed E-state index contributed by atoms with van der Waals surface area (Å²) in [5.74, 6) is 0. The summed E-state index contributed by atoms with van der Waals surface area (Å²) in [5, 5.41) is 6.00. The van der Waals surface area contributed by atoms with Gasteiger partial charge in [-0.05, 0) is 31.2 Å². The van der Waals surface area contributed by atoms with Crippen LogP contribution in [0.3, 0.4) is 0 Å². The molecular weight excluding hydrogens is 262 g/mol. The van der Waals surface area contributed by atoms with Crippen LogP contribution >= 0.6 is 11.6 Å². The maximum Gasteiger partial charge on any atom is 0.319 e. The number of anilines is 1. The van der Waals surface area contributed by atoms with Gasteiger partial charge in [0, 0.05) is 6.20 Å². The summed E-state index contributed by atoms with van der Waals surface area (Å²) in [6, 6.07) is 12.2. The average molecular weight is 276 g/mol. The van der Waals surface area contributed by atoms with Crippen LogP contribution in [0.5, 0.6) is 0 Å². The standard InChI is InChI=1S/C14H14ClN3O/c1-10(12-7-4-5-9-16-12)17-14(19)18-13-8-3-2-6-11(13)15/h2-10H,1H3,(H2,17,18,19)/t10-/m0/s1. The Morgan fingerprint density at radius 2 is 1.95 bits per heavy atom. The Labute approximate surface area is 116 Å². The van der Waals surface area contributed by atoms with Crippen LogP contribution in [0, 0.1) is 0 Å². The molecule has 0 saturated carbocycles. The van der Waals surface area contributed by atoms with Crippen molar-refractivity contribution in [2.24, 2.45) is 0 Å². The number of rotatable bonds is 3. The maximum absolute atomic E-state index is 11.8. The van der Waals surface area contributed by atoms with E-state index in [9.17, 15) is 4.79 Å². The molecule has 4 nitrogen and oxygen atoms in total. The molecule has 0 radical (unpaired) electrons. The number of para-hydroxylation sites is 1. The largest absolute Gasteiger partial charge is 0.330 e. The van der Waals surface area contributed by atoms with Crippen molar-refractivity contribution in [3.63, 3.8) is 0 Å². The molecule has 0 saturated heterocycles. The lowest BCUT2D eigenvalue weighted by Crippen LogP contribution is -2.31. The van der Waals surface area contributed by atoms with Gasteiger partial charge in [0.15, 0.2) is 0 Å². The molecule has 0 spiro atoms. The predicted molar refractivity (Wildman–Crippen MR) is 76.3 cm³/mol. The lowest BCUT2D eigenvalue weighted by molar-refractivity contribution is 0.249. The van der Waals surface area contributed by atoms with Crippen molar-refractivity contribution in [3.05, 3.63) is 59.4 Å². The Hall–Kier alpha value is -2.07. The molecule has 98 valence electrons. The van der Waals surface area contributed by atoms with Crippen LogP contribution in [0.1, 0.15) is 18.7 Å². The van der Waals surface area contributed by atoms with Gasteiger partial charge in [0.2, 0.25) is 0 Å². The number of aromatic nitrogens is 1. The van der Waals surface area contributed by atoms with E-state index in [0.717, 1.165) is 5.69 Å². The third kappa shape index (κ3) is 3.69. The van der Waals surface area contributed by atoms with Gasteiger partial charge in [-0.15, -0.1) is 0 Å². The molecule has 0 aliphatic rings. The van der Waals surface area contributed by atoms with E-state index in [-0.39, 0.29) is 12.1 Å². The fourth-order valence-corrected chi connectivity index (χ4v) is 1.81. The number of benzene rings is 1. The third-order valence-corrected chi connectivity index (χ3v) is 2.93. The molecule has 0 unspecified atom stereocenters. The SMILES string of the molecule is C[C@H](NC(=O)Nc1ccccc1Cl)c1ccccn1. The number of urea groups is 1. The Bertz CT molecular complexity index is 560. The normalized spacial score (nSPS) is 11.7. The van der Waals surface area contributed by atoms with Gasteiger partial charge in [-0.25, -0.2) is 4.79 Å². The maximum atomic E-state index is 11.8. The predicted octanol–water partition coefficient (Wildman–Crippen LogP) is 3.62. The molecule has 2 amide bonds. The van der Waals surface area contributed by atoms with Crippen LogP contribution in [0.15, 0.2) is 48.7 Å². The topological polar surface area (TPSA) is 54.0 Å². The number of nitrogens with zero attached hydrogens (tertiary/aromatic N) is 1. The highest BCUT2D eigenvalue weighted by Crippen LogP contribution is 2.20. The summed E-state index contributed by atoms with van der Waals surface area (Å²) in [7, 11) is 0. The quantitative estimate of drug-likeness (QED) is 0.899. The van der Waals surface area contributed by atoms with Gasteiger partial charge >= 0.3 is 6.03 Å². The van der Waals surface area contributed by atoms with Gasteiger partial charge < -0.3 is 10.6 Å². The number of nitrogens with one attached hydrogen (secondary N) is 2. The van der Waals surface area contributed by atoms with Gasteiger partial charge in [0.25, 0.3) is 0 Å². The van der Waals surface area contributed by atoms with E-state index in [2.05, 4.69) is 15.6 Å². The Morgan fingerprint density at radius 1 is 1.21 bits per heavy atom. The summed E-state index contributed by atoms with van der Waals surface area (Å²) in [6.45, 7) is 1.87. The molecule has 0 aliphatic carbocycles. The van der Waals surface area contributed by atoms with Crippen LogP contribution in [0.4, 0.5) is 10.5 Å². The molecular formula is C14H14ClN3O. The fourth-order valence-electron chi connectivity index (χ4n) is 1.62. The van der Waals surface area contributed by atoms with E-state index < -0.39 is 0 Å². The van der Waals surface area contributed by atoms with Gasteiger partial charge in [-0.3, -0.25) is 4.98 Å². The van der Waals surface area contributed by atoms with Gasteiger partial charge in [0.05, 0.1) is 22.4 Å². The molecule has 2 aromatic rings. The van der Waals surface area contributed by atoms with E-state index in [1.54, 1.807) is 18.3 Å². The number of pyridine rings is 1. The van der Waals surface area contributed by atoms with E-state index in [0.29, 0.717) is 10.7 Å². The van der Waals surface area contributed by atoms with Gasteiger partial charge in [-0.2, -0.15) is 0 Å². The fraction of sp³-hybridized carbons (Fsp3) is 0.143. The number of amides is 2. The molecule has 0 fully saturated rings. The molecule has 19 heavy (non-hydrogen) atoms. The van der Waals surface area contributed by atoms with Crippen LogP contribution in [-0.4, -0.2) is 11.0 Å². The van der Waals surface area contributed by atoms with Gasteiger partial charge in [0.1, 0.15) is 0 Å². The average Bonchev–Trinajstić information content (AvgIpc) is 2.42. The highest BCUT2D eigenvalue weighted by molar-refractivity contribution is 6.33. The lowest BCUT2D eigenvalue weighted by Gasteiger charge is -2.14. The minimum Gasteiger partial charge on any atom is -0.330 e. The zero-order chi connectivity index (χ0) is 13.7. The second-order valence-electron chi connectivity index (χ2n) is 4.05. The Balaban J connectivity index is 1.97. The van der Waals surface area contributed by atoms with E-state index in [1.807, 2.05) is 37.3 Å². The number of halogens is 1. The van der Waals surface area contributed by atoms with Crippen LogP contribution in [-0.2, 0) is 0 Å². The Kier molecular flexibility index (Phi) is 4.36. The van der Waals surface area contributed by atoms with Crippen molar-refractivity contribution in [2.45, 2.75) is 13.0 Å². The van der Waals surface area contributed by atoms with Gasteiger partial charge in [-0.1, -0.05) is 29.8 Å². The molecule has 0 bridgehead atoms. The first-order valence-corrected chi connectivity index (χ1v) is 6.27. The molecule has 1 heterocycles. The summed E-state index contributed by atoms with van der Waals surface area (Å²) in [6.07, 6.45) is 1.69. The summed E-state index contributed by atoms with van der Waals surface area (Å²) < 4.78 is 0. The zero-order valence-electron chi connectivity index (χ0n) is 10.4. The van der Waals surface area contributed by atoms with Crippen molar-refractivity contribution in [1.29, 1.82) is 0 Å². The second-order valence-corrected chi connectivity index (χ2v) is 4.46. The van der Waals surface area contributed by atoms with Crippen LogP contribution in [0.2, 0.25) is 5.02 Å². The highest BCUT2D eigenvalue weighted by atomic mass is 35.5. The number of hydrogen-bond donors (Lipinski definition) is 2. The molecule has 1 atom stereocenters. The van der Waals surface area contributed by atoms with Crippen LogP contribution in [0.25, 0.3) is 0 Å². The molecule has 1 aromatic carbocycles. The number of carbonyl (C=O) groups is 1. The number of carbonyl (C=O) groups excluding carboxylic acids is 1. The number of hydrogen-bond acceptors (Lipinski definition) is 2. The van der Waals surface area contributed by atoms with Crippen molar-refractivity contribution in [1.82, 2.24) is 10.3 Å². The molecule has 1 aromatic heterocycles. The second kappa shape index (κ2) is 6.20.